The van der Waals surface area contributed by atoms with Crippen LogP contribution in [0.15, 0.2) is 212 Å². The maximum absolute atomic E-state index is 5.49. The average Bonchev–Trinajstić information content (AvgIpc) is 3.79. The third-order valence-electron chi connectivity index (χ3n) is 12.9. The van der Waals surface area contributed by atoms with Gasteiger partial charge in [0.1, 0.15) is 11.7 Å². The van der Waals surface area contributed by atoms with E-state index in [1.807, 2.05) is 6.07 Å². The van der Waals surface area contributed by atoms with Crippen LogP contribution in [0, 0.1) is 5.92 Å². The second-order valence-corrected chi connectivity index (χ2v) is 16.4. The molecule has 2 aliphatic rings. The van der Waals surface area contributed by atoms with Crippen LogP contribution in [0.1, 0.15) is 18.1 Å². The van der Waals surface area contributed by atoms with E-state index >= 15 is 0 Å². The van der Waals surface area contributed by atoms with Gasteiger partial charge in [-0.25, -0.2) is 4.99 Å². The third-order valence-corrected chi connectivity index (χ3v) is 12.9. The van der Waals surface area contributed by atoms with Crippen LogP contribution in [0.2, 0.25) is 0 Å². The summed E-state index contributed by atoms with van der Waals surface area (Å²) in [5.41, 5.74) is 9.98. The van der Waals surface area contributed by atoms with E-state index in [9.17, 15) is 0 Å². The summed E-state index contributed by atoms with van der Waals surface area (Å²) in [6.45, 7) is 7.07. The minimum atomic E-state index is -0.149. The molecule has 12 rings (SSSR count). The number of rotatable bonds is 5. The van der Waals surface area contributed by atoms with Crippen LogP contribution in [0.5, 0.6) is 0 Å². The summed E-state index contributed by atoms with van der Waals surface area (Å²) in [6.07, 6.45) is 11.3. The number of aromatic nitrogens is 2. The van der Waals surface area contributed by atoms with Gasteiger partial charge in [0.2, 0.25) is 0 Å². The Morgan fingerprint density at radius 2 is 1.23 bits per heavy atom. The van der Waals surface area contributed by atoms with Gasteiger partial charge in [0, 0.05) is 49.8 Å². The van der Waals surface area contributed by atoms with Crippen molar-refractivity contribution in [2.45, 2.75) is 12.3 Å². The zero-order valence-electron chi connectivity index (χ0n) is 33.2. The highest BCUT2D eigenvalue weighted by molar-refractivity contribution is 6.30. The topological polar surface area (TPSA) is 34.2 Å². The lowest BCUT2D eigenvalue weighted by Gasteiger charge is -2.40. The van der Waals surface area contributed by atoms with Crippen LogP contribution >= 0.6 is 0 Å². The van der Waals surface area contributed by atoms with Gasteiger partial charge in [0.15, 0.2) is 0 Å². The molecule has 0 aliphatic heterocycles. The molecule has 0 radical (unpaired) electrons. The SMILES string of the molecule is C=C(N=C(Nc1ccccc1)C1=CC2C=CC=CC2(C)c2ccccc21)n1c2ccccc2c2cc3ccc(-n4c5ccccc5c5cc6ccccc6cc54)cc3cc21. The number of allylic oxidation sites excluding steroid dienone is 5. The van der Waals surface area contributed by atoms with Crippen molar-refractivity contribution in [2.24, 2.45) is 10.9 Å². The fourth-order valence-electron chi connectivity index (χ4n) is 9.96. The van der Waals surface area contributed by atoms with Crippen LogP contribution < -0.4 is 5.32 Å². The fraction of sp³-hybridized carbons (Fsp3) is 0.0536. The minimum Gasteiger partial charge on any atom is -0.340 e. The van der Waals surface area contributed by atoms with Crippen LogP contribution in [-0.2, 0) is 5.41 Å². The number of amidine groups is 1. The lowest BCUT2D eigenvalue weighted by Crippen LogP contribution is -2.34. The van der Waals surface area contributed by atoms with Gasteiger partial charge in [0.25, 0.3) is 0 Å². The summed E-state index contributed by atoms with van der Waals surface area (Å²) < 4.78 is 4.65. The van der Waals surface area contributed by atoms with Crippen molar-refractivity contribution in [3.8, 4) is 5.69 Å². The zero-order valence-corrected chi connectivity index (χ0v) is 33.2. The van der Waals surface area contributed by atoms with Crippen molar-refractivity contribution in [1.82, 2.24) is 9.13 Å². The van der Waals surface area contributed by atoms with E-state index in [1.165, 1.54) is 59.9 Å². The summed E-state index contributed by atoms with van der Waals surface area (Å²) in [6, 6.07) is 61.3. The maximum atomic E-state index is 5.49. The average molecular weight is 769 g/mol. The van der Waals surface area contributed by atoms with E-state index in [1.54, 1.807) is 0 Å². The smallest absolute Gasteiger partial charge is 0.140 e. The van der Waals surface area contributed by atoms with Crippen molar-refractivity contribution in [3.05, 3.63) is 218 Å². The van der Waals surface area contributed by atoms with Gasteiger partial charge in [-0.05, 0) is 93.3 Å². The molecule has 2 aromatic heterocycles. The molecule has 60 heavy (non-hydrogen) atoms. The lowest BCUT2D eigenvalue weighted by atomic mass is 9.64. The molecule has 0 saturated carbocycles. The van der Waals surface area contributed by atoms with Crippen molar-refractivity contribution < 1.29 is 0 Å². The number of para-hydroxylation sites is 3. The number of anilines is 1. The Bertz CT molecular complexity index is 3560. The van der Waals surface area contributed by atoms with Gasteiger partial charge < -0.3 is 9.88 Å². The number of nitrogens with one attached hydrogen (secondary N) is 1. The Balaban J connectivity index is 1.05. The van der Waals surface area contributed by atoms with Gasteiger partial charge in [-0.15, -0.1) is 0 Å². The Morgan fingerprint density at radius 3 is 2.07 bits per heavy atom. The highest BCUT2D eigenvalue weighted by Gasteiger charge is 2.39. The van der Waals surface area contributed by atoms with E-state index in [2.05, 4.69) is 216 Å². The molecule has 1 N–H and O–H groups in total. The number of aliphatic imine (C=N–C) groups is 1. The van der Waals surface area contributed by atoms with E-state index in [0.29, 0.717) is 5.82 Å². The second kappa shape index (κ2) is 13.2. The van der Waals surface area contributed by atoms with Gasteiger partial charge in [-0.2, -0.15) is 0 Å². The molecule has 0 spiro atoms. The number of hydrogen-bond acceptors (Lipinski definition) is 1. The van der Waals surface area contributed by atoms with Crippen molar-refractivity contribution in [1.29, 1.82) is 0 Å². The number of fused-ring (bicyclic) bond motifs is 11. The van der Waals surface area contributed by atoms with Crippen LogP contribution in [0.3, 0.4) is 0 Å². The molecular weight excluding hydrogens is 729 g/mol. The lowest BCUT2D eigenvalue weighted by molar-refractivity contribution is 0.492. The summed E-state index contributed by atoms with van der Waals surface area (Å²) >= 11 is 0. The molecule has 0 saturated heterocycles. The molecular formula is C56H40N4. The van der Waals surface area contributed by atoms with E-state index in [0.717, 1.165) is 39.2 Å². The molecule has 2 atom stereocenters. The maximum Gasteiger partial charge on any atom is 0.140 e. The molecule has 0 bridgehead atoms. The minimum absolute atomic E-state index is 0.149. The number of hydrogen-bond donors (Lipinski definition) is 1. The molecule has 8 aromatic carbocycles. The summed E-state index contributed by atoms with van der Waals surface area (Å²) in [7, 11) is 0. The third kappa shape index (κ3) is 5.20. The summed E-state index contributed by atoms with van der Waals surface area (Å²) in [5.74, 6) is 1.57. The number of benzene rings is 8. The van der Waals surface area contributed by atoms with Crippen LogP contribution in [0.4, 0.5) is 5.69 Å². The van der Waals surface area contributed by atoms with E-state index < -0.39 is 0 Å². The van der Waals surface area contributed by atoms with Gasteiger partial charge in [0.05, 0.1) is 22.1 Å². The highest BCUT2D eigenvalue weighted by Crippen LogP contribution is 2.47. The monoisotopic (exact) mass is 768 g/mol. The first-order valence-corrected chi connectivity index (χ1v) is 20.7. The van der Waals surface area contributed by atoms with Crippen LogP contribution in [0.25, 0.3) is 82.2 Å². The van der Waals surface area contributed by atoms with E-state index in [4.69, 9.17) is 11.6 Å². The van der Waals surface area contributed by atoms with Gasteiger partial charge in [-0.3, -0.25) is 4.57 Å². The highest BCUT2D eigenvalue weighted by atomic mass is 15.1. The predicted octanol–water partition coefficient (Wildman–Crippen LogP) is 14.2. The Labute approximate surface area is 348 Å². The molecule has 0 fully saturated rings. The predicted molar refractivity (Wildman–Crippen MR) is 255 cm³/mol. The van der Waals surface area contributed by atoms with Crippen molar-refractivity contribution in [3.63, 3.8) is 0 Å². The molecule has 284 valence electrons. The zero-order chi connectivity index (χ0) is 40.0. The Morgan fingerprint density at radius 1 is 0.583 bits per heavy atom. The van der Waals surface area contributed by atoms with Gasteiger partial charge >= 0.3 is 0 Å². The van der Waals surface area contributed by atoms with Crippen molar-refractivity contribution >= 4 is 88.1 Å². The molecule has 0 amide bonds. The molecule has 2 heterocycles. The number of nitrogens with zero attached hydrogens (tertiary/aromatic N) is 3. The standard InChI is InChI=1S/C56H40N4/c1-36(57-55(58-42-19-4-3-5-20-42)49-35-41-18-14-15-29-56(41,2)50-24-11-8-21-44(49)50)59-51-25-12-9-22-45(51)47-32-39-27-28-43(30-40(39)34-53(47)59)60-52-26-13-10-23-46(52)48-31-37-16-6-7-17-38(37)33-54(48)60/h3-35,41H,1H2,2H3,(H,57,58). The first-order chi connectivity index (χ1) is 29.5. The van der Waals surface area contributed by atoms with Crippen molar-refractivity contribution in [2.75, 3.05) is 5.32 Å². The van der Waals surface area contributed by atoms with Gasteiger partial charge in [-0.1, -0.05) is 153 Å². The Kier molecular flexibility index (Phi) is 7.54. The normalized spacial score (nSPS) is 17.4. The molecule has 2 unspecified atom stereocenters. The summed E-state index contributed by atoms with van der Waals surface area (Å²) in [5, 5.41) is 13.4. The molecule has 4 nitrogen and oxygen atoms in total. The Hall–Kier alpha value is -7.69. The largest absolute Gasteiger partial charge is 0.340 e. The van der Waals surface area contributed by atoms with Crippen LogP contribution in [-0.4, -0.2) is 15.0 Å². The first-order valence-electron chi connectivity index (χ1n) is 20.7. The first kappa shape index (κ1) is 34.4. The molecule has 4 heteroatoms. The molecule has 10 aromatic rings. The van der Waals surface area contributed by atoms with E-state index in [-0.39, 0.29) is 11.3 Å². The molecule has 2 aliphatic carbocycles. The fourth-order valence-corrected chi connectivity index (χ4v) is 9.96. The quantitative estimate of drug-likeness (QED) is 0.137. The second-order valence-electron chi connectivity index (χ2n) is 16.4. The summed E-state index contributed by atoms with van der Waals surface area (Å²) in [4.78, 5) is 5.49.